The number of hydrogen-bond acceptors (Lipinski definition) is 4. The Morgan fingerprint density at radius 3 is 2.65 bits per heavy atom. The van der Waals surface area contributed by atoms with Crippen LogP contribution in [0.25, 0.3) is 0 Å². The highest BCUT2D eigenvalue weighted by Crippen LogP contribution is 2.43. The van der Waals surface area contributed by atoms with Crippen molar-refractivity contribution in [2.24, 2.45) is 0 Å². The smallest absolute Gasteiger partial charge is 0.257 e. The average Bonchev–Trinajstić information content (AvgIpc) is 3.09. The highest BCUT2D eigenvalue weighted by atomic mass is 32.2. The van der Waals surface area contributed by atoms with Crippen LogP contribution in [0.2, 0.25) is 0 Å². The minimum atomic E-state index is -0.713. The lowest BCUT2D eigenvalue weighted by molar-refractivity contribution is -0.121. The molecule has 2 aliphatic rings. The van der Waals surface area contributed by atoms with E-state index >= 15 is 0 Å². The number of carbonyl (C=O) groups is 3. The normalized spacial score (nSPS) is 19.9. The molecule has 1 N–H and O–H groups in total. The van der Waals surface area contributed by atoms with Crippen LogP contribution in [0.15, 0.2) is 59.5 Å². The number of amides is 3. The van der Waals surface area contributed by atoms with Gasteiger partial charge in [0, 0.05) is 30.8 Å². The molecule has 31 heavy (non-hydrogen) atoms. The number of carbonyl (C=O) groups excluding carboxylic acids is 3. The van der Waals surface area contributed by atoms with Crippen LogP contribution >= 0.6 is 11.8 Å². The Labute approximate surface area is 187 Å². The molecule has 1 saturated heterocycles. The Morgan fingerprint density at radius 2 is 1.84 bits per heavy atom. The fraction of sp³-hybridized carbons (Fsp3) is 0.375. The topological polar surface area (TPSA) is 69.7 Å². The maximum Gasteiger partial charge on any atom is 0.257 e. The number of benzene rings is 2. The number of nitrogens with one attached hydrogen (secondary N) is 1. The molecule has 0 spiro atoms. The van der Waals surface area contributed by atoms with Gasteiger partial charge in [-0.2, -0.15) is 0 Å². The van der Waals surface area contributed by atoms with E-state index < -0.39 is 5.66 Å². The van der Waals surface area contributed by atoms with E-state index in [1.54, 1.807) is 33.7 Å². The van der Waals surface area contributed by atoms with E-state index in [0.29, 0.717) is 30.6 Å². The first-order valence-electron chi connectivity index (χ1n) is 10.7. The van der Waals surface area contributed by atoms with Crippen molar-refractivity contribution in [1.82, 2.24) is 10.2 Å². The van der Waals surface area contributed by atoms with E-state index in [4.69, 9.17) is 0 Å². The standard InChI is InChI=1S/C24H27N3O3S/c1-24-14-12-22(29)27(24)20-11-6-5-10-19(20)23(30)26(24)16-13-21(28)25-15-7-17-31-18-8-3-2-4-9-18/h2-6,8-11H,7,12-17H2,1H3,(H,25,28). The van der Waals surface area contributed by atoms with Gasteiger partial charge in [0.25, 0.3) is 5.91 Å². The summed E-state index contributed by atoms with van der Waals surface area (Å²) >= 11 is 1.77. The van der Waals surface area contributed by atoms with E-state index in [2.05, 4.69) is 17.4 Å². The molecule has 0 bridgehead atoms. The van der Waals surface area contributed by atoms with Crippen molar-refractivity contribution in [2.45, 2.75) is 43.2 Å². The fourth-order valence-electron chi connectivity index (χ4n) is 4.35. The van der Waals surface area contributed by atoms with Gasteiger partial charge in [-0.15, -0.1) is 11.8 Å². The monoisotopic (exact) mass is 437 g/mol. The fourth-order valence-corrected chi connectivity index (χ4v) is 5.22. The first-order valence-corrected chi connectivity index (χ1v) is 11.7. The number of para-hydroxylation sites is 1. The van der Waals surface area contributed by atoms with Gasteiger partial charge in [0.05, 0.1) is 11.3 Å². The quantitative estimate of drug-likeness (QED) is 0.505. The predicted molar refractivity (Wildman–Crippen MR) is 122 cm³/mol. The molecule has 2 aromatic rings. The molecule has 0 saturated carbocycles. The molecule has 1 fully saturated rings. The van der Waals surface area contributed by atoms with Crippen LogP contribution in [-0.4, -0.2) is 47.1 Å². The number of fused-ring (bicyclic) bond motifs is 3. The number of thioether (sulfide) groups is 1. The lowest BCUT2D eigenvalue weighted by atomic mass is 9.98. The Kier molecular flexibility index (Phi) is 6.32. The van der Waals surface area contributed by atoms with Gasteiger partial charge in [-0.3, -0.25) is 19.3 Å². The second-order valence-electron chi connectivity index (χ2n) is 8.04. The lowest BCUT2D eigenvalue weighted by Gasteiger charge is -2.48. The Balaban J connectivity index is 1.31. The van der Waals surface area contributed by atoms with Gasteiger partial charge in [-0.25, -0.2) is 0 Å². The number of anilines is 1. The highest BCUT2D eigenvalue weighted by molar-refractivity contribution is 7.99. The molecule has 162 valence electrons. The summed E-state index contributed by atoms with van der Waals surface area (Å²) in [5.41, 5.74) is 0.484. The maximum absolute atomic E-state index is 13.2. The summed E-state index contributed by atoms with van der Waals surface area (Å²) in [6, 6.07) is 17.4. The van der Waals surface area contributed by atoms with Crippen LogP contribution < -0.4 is 10.2 Å². The van der Waals surface area contributed by atoms with Gasteiger partial charge < -0.3 is 10.2 Å². The summed E-state index contributed by atoms with van der Waals surface area (Å²) in [6.45, 7) is 2.82. The summed E-state index contributed by atoms with van der Waals surface area (Å²) in [5.74, 6) is 0.765. The first kappa shape index (κ1) is 21.4. The predicted octanol–water partition coefficient (Wildman–Crippen LogP) is 3.67. The van der Waals surface area contributed by atoms with Crippen molar-refractivity contribution in [3.05, 3.63) is 60.2 Å². The van der Waals surface area contributed by atoms with Crippen molar-refractivity contribution in [2.75, 3.05) is 23.7 Å². The molecule has 1 atom stereocenters. The lowest BCUT2D eigenvalue weighted by Crippen LogP contribution is -2.62. The third kappa shape index (κ3) is 4.32. The first-order chi connectivity index (χ1) is 15.0. The van der Waals surface area contributed by atoms with E-state index in [1.165, 1.54) is 4.90 Å². The largest absolute Gasteiger partial charge is 0.356 e. The second-order valence-corrected chi connectivity index (χ2v) is 9.20. The summed E-state index contributed by atoms with van der Waals surface area (Å²) < 4.78 is 0. The van der Waals surface area contributed by atoms with Crippen molar-refractivity contribution in [3.8, 4) is 0 Å². The van der Waals surface area contributed by atoms with Crippen LogP contribution in [0.3, 0.4) is 0 Å². The second kappa shape index (κ2) is 9.14. The van der Waals surface area contributed by atoms with Crippen LogP contribution in [0.4, 0.5) is 5.69 Å². The maximum atomic E-state index is 13.2. The van der Waals surface area contributed by atoms with E-state index in [1.807, 2.05) is 37.3 Å². The summed E-state index contributed by atoms with van der Waals surface area (Å²) in [4.78, 5) is 42.8. The van der Waals surface area contributed by atoms with Crippen molar-refractivity contribution >= 4 is 35.2 Å². The average molecular weight is 438 g/mol. The number of hydrogen-bond donors (Lipinski definition) is 1. The third-order valence-corrected chi connectivity index (χ3v) is 7.06. The highest BCUT2D eigenvalue weighted by Gasteiger charge is 2.52. The zero-order valence-electron chi connectivity index (χ0n) is 17.7. The Bertz CT molecular complexity index is 981. The van der Waals surface area contributed by atoms with Crippen LogP contribution in [0.1, 0.15) is 43.0 Å². The summed E-state index contributed by atoms with van der Waals surface area (Å²) in [6.07, 6.45) is 2.07. The van der Waals surface area contributed by atoms with Gasteiger partial charge in [0.1, 0.15) is 5.66 Å². The molecule has 3 amide bonds. The molecule has 1 unspecified atom stereocenters. The summed E-state index contributed by atoms with van der Waals surface area (Å²) in [7, 11) is 0. The Hall–Kier alpha value is -2.80. The Morgan fingerprint density at radius 1 is 1.10 bits per heavy atom. The number of nitrogens with zero attached hydrogens (tertiary/aromatic N) is 2. The molecular weight excluding hydrogens is 410 g/mol. The third-order valence-electron chi connectivity index (χ3n) is 5.96. The van der Waals surface area contributed by atoms with Crippen LogP contribution in [0.5, 0.6) is 0 Å². The van der Waals surface area contributed by atoms with Gasteiger partial charge in [0.15, 0.2) is 0 Å². The van der Waals surface area contributed by atoms with Gasteiger partial charge >= 0.3 is 0 Å². The van der Waals surface area contributed by atoms with Gasteiger partial charge in [0.2, 0.25) is 11.8 Å². The molecule has 4 rings (SSSR count). The molecule has 0 aliphatic carbocycles. The molecule has 6 nitrogen and oxygen atoms in total. The molecule has 2 heterocycles. The molecule has 7 heteroatoms. The van der Waals surface area contributed by atoms with Crippen molar-refractivity contribution in [1.29, 1.82) is 0 Å². The molecular formula is C24H27N3O3S. The van der Waals surface area contributed by atoms with Gasteiger partial charge in [-0.05, 0) is 49.8 Å². The minimum Gasteiger partial charge on any atom is -0.356 e. The van der Waals surface area contributed by atoms with E-state index in [0.717, 1.165) is 12.2 Å². The minimum absolute atomic E-state index is 0.0211. The SMILES string of the molecule is CC12CCC(=O)N1c1ccccc1C(=O)N2CCC(=O)NCCCSc1ccccc1. The molecule has 0 aromatic heterocycles. The van der Waals surface area contributed by atoms with Crippen LogP contribution in [-0.2, 0) is 9.59 Å². The zero-order valence-corrected chi connectivity index (χ0v) is 18.5. The van der Waals surface area contributed by atoms with E-state index in [-0.39, 0.29) is 30.7 Å². The molecule has 2 aliphatic heterocycles. The zero-order chi connectivity index (χ0) is 21.8. The van der Waals surface area contributed by atoms with Crippen LogP contribution in [0, 0.1) is 0 Å². The molecule has 0 radical (unpaired) electrons. The van der Waals surface area contributed by atoms with E-state index in [9.17, 15) is 14.4 Å². The van der Waals surface area contributed by atoms with Crippen molar-refractivity contribution < 1.29 is 14.4 Å². The van der Waals surface area contributed by atoms with Gasteiger partial charge in [-0.1, -0.05) is 30.3 Å². The molecule has 2 aromatic carbocycles. The van der Waals surface area contributed by atoms with Crippen molar-refractivity contribution in [3.63, 3.8) is 0 Å². The summed E-state index contributed by atoms with van der Waals surface area (Å²) in [5, 5.41) is 2.95. The number of rotatable bonds is 8.